The summed E-state index contributed by atoms with van der Waals surface area (Å²) in [5.41, 5.74) is 0. The van der Waals surface area contributed by atoms with Gasteiger partial charge in [-0.1, -0.05) is 0 Å². The van der Waals surface area contributed by atoms with Crippen LogP contribution in [-0.2, 0) is 14.2 Å². The van der Waals surface area contributed by atoms with Crippen molar-refractivity contribution in [1.29, 1.82) is 0 Å². The molecule has 2 saturated heterocycles. The number of aliphatic hydroxyl groups excluding tert-OH is 8. The Bertz CT molecular complexity index is 344. The Morgan fingerprint density at radius 3 is 1.22 bits per heavy atom. The summed E-state index contributed by atoms with van der Waals surface area (Å²) in [6.07, 6.45) is -15.6. The van der Waals surface area contributed by atoms with Gasteiger partial charge in [-0.2, -0.15) is 0 Å². The molecule has 11 heteroatoms. The second-order valence-corrected chi connectivity index (χ2v) is 5.53. The van der Waals surface area contributed by atoms with Gasteiger partial charge in [0.2, 0.25) is 0 Å². The molecule has 136 valence electrons. The Kier molecular flexibility index (Phi) is 6.27. The van der Waals surface area contributed by atoms with E-state index in [-0.39, 0.29) is 0 Å². The lowest BCUT2D eigenvalue weighted by Gasteiger charge is -2.44. The van der Waals surface area contributed by atoms with E-state index in [9.17, 15) is 30.6 Å². The van der Waals surface area contributed by atoms with Crippen LogP contribution in [0.4, 0.5) is 0 Å². The zero-order valence-corrected chi connectivity index (χ0v) is 12.0. The van der Waals surface area contributed by atoms with Crippen molar-refractivity contribution < 1.29 is 55.1 Å². The minimum Gasteiger partial charge on any atom is -0.394 e. The first-order valence-corrected chi connectivity index (χ1v) is 7.08. The van der Waals surface area contributed by atoms with Gasteiger partial charge >= 0.3 is 0 Å². The Hall–Kier alpha value is -0.440. The molecule has 2 aliphatic heterocycles. The Morgan fingerprint density at radius 2 is 0.913 bits per heavy atom. The predicted molar refractivity (Wildman–Crippen MR) is 68.6 cm³/mol. The number of aliphatic hydroxyl groups is 8. The molecule has 0 aliphatic carbocycles. The quantitative estimate of drug-likeness (QED) is 0.243. The summed E-state index contributed by atoms with van der Waals surface area (Å²) in [4.78, 5) is 0. The molecule has 0 aromatic carbocycles. The zero-order chi connectivity index (χ0) is 17.3. The van der Waals surface area contributed by atoms with Gasteiger partial charge in [-0.05, 0) is 0 Å². The molecular formula is C12H22O11. The maximum atomic E-state index is 9.84. The van der Waals surface area contributed by atoms with Crippen LogP contribution in [0.2, 0.25) is 0 Å². The first kappa shape index (κ1) is 18.9. The average molecular weight is 342 g/mol. The highest BCUT2D eigenvalue weighted by Gasteiger charge is 2.49. The third kappa shape index (κ3) is 3.65. The lowest BCUT2D eigenvalue weighted by atomic mass is 9.98. The second kappa shape index (κ2) is 7.63. The number of rotatable bonds is 4. The van der Waals surface area contributed by atoms with Crippen LogP contribution in [-0.4, -0.2) is 115 Å². The van der Waals surface area contributed by atoms with Gasteiger partial charge in [0.15, 0.2) is 12.6 Å². The fraction of sp³-hybridized carbons (Fsp3) is 1.00. The molecule has 2 unspecified atom stereocenters. The molecule has 8 N–H and O–H groups in total. The van der Waals surface area contributed by atoms with Gasteiger partial charge in [0, 0.05) is 0 Å². The van der Waals surface area contributed by atoms with Gasteiger partial charge in [-0.3, -0.25) is 0 Å². The lowest BCUT2D eigenvalue weighted by molar-refractivity contribution is -0.376. The minimum absolute atomic E-state index is 0.667. The maximum Gasteiger partial charge on any atom is 0.189 e. The molecule has 2 fully saturated rings. The van der Waals surface area contributed by atoms with E-state index in [1.165, 1.54) is 0 Å². The van der Waals surface area contributed by atoms with E-state index in [4.69, 9.17) is 24.4 Å². The van der Waals surface area contributed by atoms with Crippen molar-refractivity contribution in [2.45, 2.75) is 61.4 Å². The van der Waals surface area contributed by atoms with E-state index in [1.807, 2.05) is 0 Å². The zero-order valence-electron chi connectivity index (χ0n) is 12.0. The Labute approximate surface area is 130 Å². The van der Waals surface area contributed by atoms with Gasteiger partial charge in [-0.15, -0.1) is 0 Å². The Balaban J connectivity index is 2.07. The molecule has 0 radical (unpaired) electrons. The van der Waals surface area contributed by atoms with Crippen molar-refractivity contribution in [2.24, 2.45) is 0 Å². The van der Waals surface area contributed by atoms with Crippen molar-refractivity contribution in [2.75, 3.05) is 13.2 Å². The van der Waals surface area contributed by atoms with Crippen LogP contribution in [0.15, 0.2) is 0 Å². The summed E-state index contributed by atoms with van der Waals surface area (Å²) >= 11 is 0. The molecule has 2 heterocycles. The minimum atomic E-state index is -1.72. The van der Waals surface area contributed by atoms with E-state index >= 15 is 0 Å². The van der Waals surface area contributed by atoms with Crippen LogP contribution in [0, 0.1) is 0 Å². The van der Waals surface area contributed by atoms with Crippen LogP contribution in [0.5, 0.6) is 0 Å². The number of ether oxygens (including phenoxy) is 3. The summed E-state index contributed by atoms with van der Waals surface area (Å²) in [6, 6.07) is 0. The number of hydrogen-bond acceptors (Lipinski definition) is 11. The van der Waals surface area contributed by atoms with Crippen molar-refractivity contribution in [3.8, 4) is 0 Å². The molecule has 23 heavy (non-hydrogen) atoms. The normalized spacial score (nSPS) is 51.7. The Morgan fingerprint density at radius 1 is 0.565 bits per heavy atom. The third-order valence-electron chi connectivity index (χ3n) is 3.97. The molecule has 0 amide bonds. The first-order chi connectivity index (χ1) is 10.8. The van der Waals surface area contributed by atoms with Crippen LogP contribution in [0.1, 0.15) is 0 Å². The molecule has 2 rings (SSSR count). The van der Waals surface area contributed by atoms with Crippen LogP contribution < -0.4 is 0 Å². The summed E-state index contributed by atoms with van der Waals surface area (Å²) < 4.78 is 15.3. The van der Waals surface area contributed by atoms with Gasteiger partial charge < -0.3 is 55.1 Å². The van der Waals surface area contributed by atoms with Crippen LogP contribution >= 0.6 is 0 Å². The van der Waals surface area contributed by atoms with Crippen LogP contribution in [0.25, 0.3) is 0 Å². The van der Waals surface area contributed by atoms with Gasteiger partial charge in [-0.25, -0.2) is 0 Å². The highest BCUT2D eigenvalue weighted by Crippen LogP contribution is 2.27. The monoisotopic (exact) mass is 342 g/mol. The smallest absolute Gasteiger partial charge is 0.189 e. The average Bonchev–Trinajstić information content (AvgIpc) is 2.55. The SMILES string of the molecule is OC[C@H]1OC(OC2O[C@H](CO)[C@@H](O)[C@H](O)[C@H]2O)[C@H](O)[C@@H](O)[C@@H]1O. The van der Waals surface area contributed by atoms with E-state index < -0.39 is 74.6 Å². The van der Waals surface area contributed by atoms with Gasteiger partial charge in [0.05, 0.1) is 13.2 Å². The highest BCUT2D eigenvalue weighted by atomic mass is 16.8. The number of hydrogen-bond donors (Lipinski definition) is 8. The molecule has 0 aromatic rings. The molecule has 10 atom stereocenters. The molecule has 0 bridgehead atoms. The highest BCUT2D eigenvalue weighted by molar-refractivity contribution is 4.92. The molecular weight excluding hydrogens is 320 g/mol. The van der Waals surface area contributed by atoms with E-state index in [2.05, 4.69) is 0 Å². The van der Waals surface area contributed by atoms with E-state index in [0.717, 1.165) is 0 Å². The van der Waals surface area contributed by atoms with Gasteiger partial charge in [0.1, 0.15) is 48.8 Å². The summed E-state index contributed by atoms with van der Waals surface area (Å²) in [7, 11) is 0. The predicted octanol–water partition coefficient (Wildman–Crippen LogP) is -5.40. The largest absolute Gasteiger partial charge is 0.394 e. The van der Waals surface area contributed by atoms with Crippen molar-refractivity contribution >= 4 is 0 Å². The second-order valence-electron chi connectivity index (χ2n) is 5.53. The molecule has 0 saturated carbocycles. The van der Waals surface area contributed by atoms with Crippen molar-refractivity contribution in [3.63, 3.8) is 0 Å². The molecule has 2 aliphatic rings. The van der Waals surface area contributed by atoms with Gasteiger partial charge in [0.25, 0.3) is 0 Å². The molecule has 0 spiro atoms. The van der Waals surface area contributed by atoms with Crippen LogP contribution in [0.3, 0.4) is 0 Å². The fourth-order valence-electron chi connectivity index (χ4n) is 2.49. The van der Waals surface area contributed by atoms with E-state index in [1.54, 1.807) is 0 Å². The van der Waals surface area contributed by atoms with E-state index in [0.29, 0.717) is 0 Å². The fourth-order valence-corrected chi connectivity index (χ4v) is 2.49. The summed E-state index contributed by atoms with van der Waals surface area (Å²) in [5, 5.41) is 76.4. The maximum absolute atomic E-state index is 9.84. The topological polar surface area (TPSA) is 190 Å². The first-order valence-electron chi connectivity index (χ1n) is 7.08. The standard InChI is InChI=1S/C12H22O11/c13-1-3-5(15)7(17)9(19)11(21-3)23-12-10(20)8(18)6(16)4(2-14)22-12/h3-20H,1-2H2/t3-,4-,5-,6-,7+,8+,9-,10-,11?,12?/m1/s1. The molecule has 0 aromatic heterocycles. The molecule has 11 nitrogen and oxygen atoms in total. The third-order valence-corrected chi connectivity index (χ3v) is 3.97. The van der Waals surface area contributed by atoms with Crippen molar-refractivity contribution in [1.82, 2.24) is 0 Å². The summed E-state index contributed by atoms with van der Waals surface area (Å²) in [6.45, 7) is -1.33. The summed E-state index contributed by atoms with van der Waals surface area (Å²) in [5.74, 6) is 0. The lowest BCUT2D eigenvalue weighted by Crippen LogP contribution is -2.63. The van der Waals surface area contributed by atoms with Crippen molar-refractivity contribution in [3.05, 3.63) is 0 Å².